The van der Waals surface area contributed by atoms with Crippen molar-refractivity contribution in [3.63, 3.8) is 0 Å². The van der Waals surface area contributed by atoms with Gasteiger partial charge in [-0.25, -0.2) is 9.18 Å². The molecule has 1 aliphatic carbocycles. The number of ether oxygens (including phenoxy) is 2. The summed E-state index contributed by atoms with van der Waals surface area (Å²) in [6.07, 6.45) is 7.91. The van der Waals surface area contributed by atoms with Gasteiger partial charge in [-0.2, -0.15) is 0 Å². The molecule has 2 unspecified atom stereocenters. The fraction of sp³-hybridized carbons (Fsp3) is 0.429. The number of nitrogens with zero attached hydrogens (tertiary/aromatic N) is 3. The summed E-state index contributed by atoms with van der Waals surface area (Å²) in [6, 6.07) is 6.49. The van der Waals surface area contributed by atoms with Gasteiger partial charge < -0.3 is 14.4 Å². The summed E-state index contributed by atoms with van der Waals surface area (Å²) in [5, 5.41) is 0.401. The van der Waals surface area contributed by atoms with Gasteiger partial charge in [0.05, 0.1) is 18.3 Å². The Hall–Kier alpha value is -3.10. The molecule has 0 N–H and O–H groups in total. The maximum Gasteiger partial charge on any atom is 0.418 e. The van der Waals surface area contributed by atoms with E-state index in [4.69, 9.17) is 21.1 Å². The first-order valence-corrected chi connectivity index (χ1v) is 12.8. The fourth-order valence-electron chi connectivity index (χ4n) is 4.68. The third-order valence-corrected chi connectivity index (χ3v) is 6.73. The Morgan fingerprint density at radius 3 is 2.59 bits per heavy atom. The van der Waals surface area contributed by atoms with Crippen molar-refractivity contribution in [2.24, 2.45) is 5.92 Å². The standard InChI is InChI=1S/C28H33ClFN3O4/c1-19-16-31(17-20-8-10-21(30)11-9-20)12-13-33(19)26(34)22-6-5-7-23(29)25(22)24-18-32(14-15-36-24)27(35)37-28(2,3)4/h5,7-11,14-15,18-19,22H,6,12-13,16-17H2,1-4H3. The zero-order valence-electron chi connectivity index (χ0n) is 21.6. The minimum Gasteiger partial charge on any atom is -0.462 e. The average molecular weight is 530 g/mol. The Morgan fingerprint density at radius 2 is 1.92 bits per heavy atom. The average Bonchev–Trinajstić information content (AvgIpc) is 2.84. The number of allylic oxidation sites excluding steroid dienone is 4. The van der Waals surface area contributed by atoms with E-state index in [1.807, 2.05) is 17.9 Å². The molecule has 2 amide bonds. The molecule has 37 heavy (non-hydrogen) atoms. The Kier molecular flexibility index (Phi) is 8.09. The molecule has 2 heterocycles. The number of hydrogen-bond acceptors (Lipinski definition) is 5. The molecule has 1 aromatic carbocycles. The van der Waals surface area contributed by atoms with Crippen LogP contribution in [0.4, 0.5) is 9.18 Å². The second-order valence-corrected chi connectivity index (χ2v) is 10.9. The first-order chi connectivity index (χ1) is 17.5. The van der Waals surface area contributed by atoms with E-state index in [1.165, 1.54) is 35.7 Å². The monoisotopic (exact) mass is 529 g/mol. The van der Waals surface area contributed by atoms with Gasteiger partial charge >= 0.3 is 6.09 Å². The highest BCUT2D eigenvalue weighted by atomic mass is 35.5. The normalized spacial score (nSPS) is 22.6. The van der Waals surface area contributed by atoms with Crippen LogP contribution in [-0.4, -0.2) is 58.0 Å². The molecule has 4 rings (SSSR count). The molecule has 2 aliphatic heterocycles. The van der Waals surface area contributed by atoms with Crippen molar-refractivity contribution >= 4 is 23.6 Å². The molecule has 7 nitrogen and oxygen atoms in total. The lowest BCUT2D eigenvalue weighted by Crippen LogP contribution is -2.55. The third kappa shape index (κ3) is 6.62. The highest BCUT2D eigenvalue weighted by molar-refractivity contribution is 6.32. The molecule has 1 saturated heterocycles. The van der Waals surface area contributed by atoms with Crippen molar-refractivity contribution < 1.29 is 23.5 Å². The quantitative estimate of drug-likeness (QED) is 0.515. The van der Waals surface area contributed by atoms with Crippen LogP contribution in [0.25, 0.3) is 0 Å². The Bertz CT molecular complexity index is 1150. The summed E-state index contributed by atoms with van der Waals surface area (Å²) in [4.78, 5) is 31.8. The minimum absolute atomic E-state index is 0.0213. The first kappa shape index (κ1) is 26.9. The fourth-order valence-corrected chi connectivity index (χ4v) is 4.99. The summed E-state index contributed by atoms with van der Waals surface area (Å²) < 4.78 is 24.4. The molecule has 2 atom stereocenters. The number of amides is 2. The Balaban J connectivity index is 1.47. The summed E-state index contributed by atoms with van der Waals surface area (Å²) >= 11 is 6.60. The van der Waals surface area contributed by atoms with Crippen molar-refractivity contribution in [2.75, 3.05) is 19.6 Å². The van der Waals surface area contributed by atoms with Crippen molar-refractivity contribution in [1.82, 2.24) is 14.7 Å². The van der Waals surface area contributed by atoms with Crippen LogP contribution in [0.5, 0.6) is 0 Å². The molecule has 0 spiro atoms. The van der Waals surface area contributed by atoms with Gasteiger partial charge in [-0.15, -0.1) is 0 Å². The van der Waals surface area contributed by atoms with Crippen LogP contribution in [0.2, 0.25) is 0 Å². The van der Waals surface area contributed by atoms with E-state index in [-0.39, 0.29) is 17.8 Å². The predicted octanol–water partition coefficient (Wildman–Crippen LogP) is 5.51. The lowest BCUT2D eigenvalue weighted by atomic mass is 9.88. The van der Waals surface area contributed by atoms with Gasteiger partial charge in [0.1, 0.15) is 23.4 Å². The zero-order chi connectivity index (χ0) is 26.7. The summed E-state index contributed by atoms with van der Waals surface area (Å²) in [7, 11) is 0. The summed E-state index contributed by atoms with van der Waals surface area (Å²) in [5.74, 6) is -0.488. The second-order valence-electron chi connectivity index (χ2n) is 10.5. The second kappa shape index (κ2) is 11.1. The van der Waals surface area contributed by atoms with Gasteiger partial charge in [0.2, 0.25) is 5.91 Å². The highest BCUT2D eigenvalue weighted by Crippen LogP contribution is 2.37. The number of benzene rings is 1. The highest BCUT2D eigenvalue weighted by Gasteiger charge is 2.37. The molecule has 0 bridgehead atoms. The number of piperazine rings is 1. The molecule has 198 valence electrons. The SMILES string of the molecule is CC1CN(Cc2ccc(F)cc2)CCN1C(=O)C1CC=CC(Cl)=C1C1=CN(C(=O)OC(C)(C)C)C=CO1. The lowest BCUT2D eigenvalue weighted by molar-refractivity contribution is -0.139. The van der Waals surface area contributed by atoms with Crippen LogP contribution in [0.3, 0.4) is 0 Å². The molecule has 9 heteroatoms. The number of carbonyl (C=O) groups is 2. The van der Waals surface area contributed by atoms with E-state index >= 15 is 0 Å². The van der Waals surface area contributed by atoms with Gasteiger partial charge in [0, 0.05) is 42.8 Å². The zero-order valence-corrected chi connectivity index (χ0v) is 22.4. The van der Waals surface area contributed by atoms with Crippen LogP contribution in [0.15, 0.2) is 71.4 Å². The molecular weight excluding hydrogens is 497 g/mol. The molecule has 0 saturated carbocycles. The van der Waals surface area contributed by atoms with Crippen molar-refractivity contribution in [3.8, 4) is 0 Å². The first-order valence-electron chi connectivity index (χ1n) is 12.4. The smallest absolute Gasteiger partial charge is 0.418 e. The number of carbonyl (C=O) groups excluding carboxylic acids is 2. The maximum atomic E-state index is 13.8. The molecular formula is C28H33ClFN3O4. The van der Waals surface area contributed by atoms with E-state index in [0.29, 0.717) is 49.0 Å². The Morgan fingerprint density at radius 1 is 1.19 bits per heavy atom. The Labute approximate surface area is 222 Å². The van der Waals surface area contributed by atoms with E-state index < -0.39 is 17.6 Å². The summed E-state index contributed by atoms with van der Waals surface area (Å²) in [6.45, 7) is 10.1. The van der Waals surface area contributed by atoms with Crippen LogP contribution in [0.1, 0.15) is 39.7 Å². The molecule has 0 aromatic heterocycles. The van der Waals surface area contributed by atoms with Gasteiger partial charge in [-0.3, -0.25) is 14.6 Å². The van der Waals surface area contributed by atoms with Gasteiger partial charge in [0.25, 0.3) is 0 Å². The topological polar surface area (TPSA) is 62.3 Å². The van der Waals surface area contributed by atoms with E-state index in [0.717, 1.165) is 5.56 Å². The number of hydrogen-bond donors (Lipinski definition) is 0. The van der Waals surface area contributed by atoms with Gasteiger partial charge in [-0.05, 0) is 57.9 Å². The predicted molar refractivity (Wildman–Crippen MR) is 139 cm³/mol. The molecule has 1 fully saturated rings. The summed E-state index contributed by atoms with van der Waals surface area (Å²) in [5.41, 5.74) is 0.926. The van der Waals surface area contributed by atoms with Crippen LogP contribution < -0.4 is 0 Å². The maximum absolute atomic E-state index is 13.8. The van der Waals surface area contributed by atoms with Crippen molar-refractivity contribution in [2.45, 2.75) is 52.3 Å². The molecule has 0 radical (unpaired) electrons. The van der Waals surface area contributed by atoms with E-state index in [1.54, 1.807) is 39.0 Å². The molecule has 3 aliphatic rings. The van der Waals surface area contributed by atoms with Crippen LogP contribution in [0, 0.1) is 11.7 Å². The van der Waals surface area contributed by atoms with Gasteiger partial charge in [0.15, 0.2) is 0 Å². The van der Waals surface area contributed by atoms with Gasteiger partial charge in [-0.1, -0.05) is 29.8 Å². The third-order valence-electron chi connectivity index (χ3n) is 6.40. The minimum atomic E-state index is -0.658. The van der Waals surface area contributed by atoms with E-state index in [9.17, 15) is 14.0 Å². The van der Waals surface area contributed by atoms with Crippen LogP contribution in [-0.2, 0) is 20.8 Å². The largest absolute Gasteiger partial charge is 0.462 e. The van der Waals surface area contributed by atoms with E-state index in [2.05, 4.69) is 4.90 Å². The molecule has 1 aromatic rings. The number of rotatable bonds is 4. The lowest BCUT2D eigenvalue weighted by Gasteiger charge is -2.42. The van der Waals surface area contributed by atoms with Crippen LogP contribution >= 0.6 is 11.6 Å². The number of halogens is 2. The van der Waals surface area contributed by atoms with Crippen molar-refractivity contribution in [1.29, 1.82) is 0 Å². The van der Waals surface area contributed by atoms with Crippen molar-refractivity contribution in [3.05, 3.63) is 82.8 Å².